The van der Waals surface area contributed by atoms with Crippen LogP contribution >= 0.6 is 11.3 Å². The predicted octanol–water partition coefficient (Wildman–Crippen LogP) is 2.86. The van der Waals surface area contributed by atoms with Gasteiger partial charge in [-0.25, -0.2) is 4.98 Å². The lowest BCUT2D eigenvalue weighted by atomic mass is 10.2. The molecule has 0 saturated carbocycles. The molecule has 2 aromatic heterocycles. The number of aryl methyl sites for hydroxylation is 1. The largest absolute Gasteiger partial charge is 0.347 e. The Bertz CT molecular complexity index is 729. The van der Waals surface area contributed by atoms with Crippen molar-refractivity contribution in [3.05, 3.63) is 52.0 Å². The molecule has 0 spiro atoms. The lowest BCUT2D eigenvalue weighted by Gasteiger charge is -2.03. The zero-order chi connectivity index (χ0) is 13.2. The summed E-state index contributed by atoms with van der Waals surface area (Å²) in [5.74, 6) is -0.0671. The summed E-state index contributed by atoms with van der Waals surface area (Å²) >= 11 is 1.70. The van der Waals surface area contributed by atoms with Crippen molar-refractivity contribution in [2.75, 3.05) is 0 Å². The summed E-state index contributed by atoms with van der Waals surface area (Å²) in [4.78, 5) is 21.6. The van der Waals surface area contributed by atoms with Gasteiger partial charge in [0.15, 0.2) is 0 Å². The number of thiophene rings is 1. The maximum atomic E-state index is 12.0. The Hall–Kier alpha value is -2.14. The zero-order valence-electron chi connectivity index (χ0n) is 10.4. The van der Waals surface area contributed by atoms with Crippen LogP contribution in [0.15, 0.2) is 36.7 Å². The first kappa shape index (κ1) is 11.9. The van der Waals surface area contributed by atoms with Gasteiger partial charge in [-0.05, 0) is 37.3 Å². The molecule has 96 valence electrons. The van der Waals surface area contributed by atoms with Gasteiger partial charge in [0.25, 0.3) is 5.91 Å². The Balaban J connectivity index is 1.72. The zero-order valence-corrected chi connectivity index (χ0v) is 11.3. The molecule has 0 aliphatic rings. The molecule has 0 radical (unpaired) electrons. The molecule has 0 aliphatic carbocycles. The molecule has 3 rings (SSSR count). The fourth-order valence-electron chi connectivity index (χ4n) is 1.93. The first-order valence-electron chi connectivity index (χ1n) is 5.99. The molecule has 0 aliphatic heterocycles. The molecular weight excluding hydrogens is 258 g/mol. The summed E-state index contributed by atoms with van der Waals surface area (Å²) in [6.45, 7) is 2.63. The molecule has 2 N–H and O–H groups in total. The SMILES string of the molecule is Cc1ccc(CNC(=O)c2ccc3nc[nH]c3c2)s1. The molecule has 0 unspecified atom stereocenters. The first-order valence-corrected chi connectivity index (χ1v) is 6.81. The molecule has 19 heavy (non-hydrogen) atoms. The Morgan fingerprint density at radius 1 is 1.37 bits per heavy atom. The monoisotopic (exact) mass is 271 g/mol. The van der Waals surface area contributed by atoms with Crippen molar-refractivity contribution in [3.63, 3.8) is 0 Å². The lowest BCUT2D eigenvalue weighted by molar-refractivity contribution is 0.0951. The standard InChI is InChI=1S/C14H13N3OS/c1-9-2-4-11(19-9)7-15-14(18)10-3-5-12-13(6-10)17-8-16-12/h2-6,8H,7H2,1H3,(H,15,18)(H,16,17). The van der Waals surface area contributed by atoms with Crippen LogP contribution in [0.2, 0.25) is 0 Å². The second-order valence-electron chi connectivity index (χ2n) is 4.33. The van der Waals surface area contributed by atoms with Crippen molar-refractivity contribution in [1.29, 1.82) is 0 Å². The number of carbonyl (C=O) groups is 1. The van der Waals surface area contributed by atoms with Gasteiger partial charge in [0, 0.05) is 15.3 Å². The third-order valence-corrected chi connectivity index (χ3v) is 3.90. The average molecular weight is 271 g/mol. The van der Waals surface area contributed by atoms with E-state index < -0.39 is 0 Å². The van der Waals surface area contributed by atoms with Crippen molar-refractivity contribution in [3.8, 4) is 0 Å². The molecule has 1 amide bonds. The highest BCUT2D eigenvalue weighted by molar-refractivity contribution is 7.11. The van der Waals surface area contributed by atoms with E-state index in [1.165, 1.54) is 4.88 Å². The van der Waals surface area contributed by atoms with Gasteiger partial charge < -0.3 is 10.3 Å². The number of amides is 1. The van der Waals surface area contributed by atoms with Crippen LogP contribution in [0.4, 0.5) is 0 Å². The van der Waals surface area contributed by atoms with E-state index in [0.29, 0.717) is 12.1 Å². The normalized spacial score (nSPS) is 10.8. The number of aromatic nitrogens is 2. The maximum absolute atomic E-state index is 12.0. The van der Waals surface area contributed by atoms with E-state index in [2.05, 4.69) is 28.3 Å². The van der Waals surface area contributed by atoms with Crippen LogP contribution in [0.1, 0.15) is 20.1 Å². The van der Waals surface area contributed by atoms with Crippen molar-refractivity contribution in [2.24, 2.45) is 0 Å². The minimum absolute atomic E-state index is 0.0671. The van der Waals surface area contributed by atoms with Gasteiger partial charge in [-0.2, -0.15) is 0 Å². The molecule has 1 aromatic carbocycles. The molecule has 0 saturated heterocycles. The highest BCUT2D eigenvalue weighted by Gasteiger charge is 2.07. The Kier molecular flexibility index (Phi) is 3.05. The van der Waals surface area contributed by atoms with Crippen LogP contribution in [0.3, 0.4) is 0 Å². The third kappa shape index (κ3) is 2.51. The van der Waals surface area contributed by atoms with Gasteiger partial charge >= 0.3 is 0 Å². The highest BCUT2D eigenvalue weighted by atomic mass is 32.1. The van der Waals surface area contributed by atoms with E-state index in [9.17, 15) is 4.79 Å². The number of imidazole rings is 1. The van der Waals surface area contributed by atoms with Crippen molar-refractivity contribution < 1.29 is 4.79 Å². The lowest BCUT2D eigenvalue weighted by Crippen LogP contribution is -2.22. The van der Waals surface area contributed by atoms with Crippen LogP contribution in [-0.2, 0) is 6.54 Å². The smallest absolute Gasteiger partial charge is 0.251 e. The second kappa shape index (κ2) is 4.85. The summed E-state index contributed by atoms with van der Waals surface area (Å²) in [6, 6.07) is 9.55. The maximum Gasteiger partial charge on any atom is 0.251 e. The number of nitrogens with one attached hydrogen (secondary N) is 2. The molecule has 0 bridgehead atoms. The summed E-state index contributed by atoms with van der Waals surface area (Å²) in [5.41, 5.74) is 2.38. The number of fused-ring (bicyclic) bond motifs is 1. The molecule has 3 aromatic rings. The van der Waals surface area contributed by atoms with Crippen LogP contribution < -0.4 is 5.32 Å². The predicted molar refractivity (Wildman–Crippen MR) is 76.3 cm³/mol. The number of hydrogen-bond acceptors (Lipinski definition) is 3. The van der Waals surface area contributed by atoms with Gasteiger partial charge in [-0.3, -0.25) is 4.79 Å². The number of hydrogen-bond donors (Lipinski definition) is 2. The van der Waals surface area contributed by atoms with Crippen LogP contribution in [0.5, 0.6) is 0 Å². The Labute approximate surface area is 114 Å². The van der Waals surface area contributed by atoms with Crippen LogP contribution in [0.25, 0.3) is 11.0 Å². The van der Waals surface area contributed by atoms with E-state index in [1.54, 1.807) is 23.7 Å². The third-order valence-electron chi connectivity index (χ3n) is 2.90. The van der Waals surface area contributed by atoms with E-state index >= 15 is 0 Å². The summed E-state index contributed by atoms with van der Waals surface area (Å²) in [5, 5.41) is 2.92. The van der Waals surface area contributed by atoms with Gasteiger partial charge in [-0.1, -0.05) is 0 Å². The molecule has 5 heteroatoms. The van der Waals surface area contributed by atoms with Crippen LogP contribution in [0, 0.1) is 6.92 Å². The molecule has 2 heterocycles. The summed E-state index contributed by atoms with van der Waals surface area (Å²) in [6.07, 6.45) is 1.63. The van der Waals surface area contributed by atoms with Crippen molar-refractivity contribution in [2.45, 2.75) is 13.5 Å². The van der Waals surface area contributed by atoms with Gasteiger partial charge in [0.1, 0.15) is 0 Å². The number of nitrogens with zero attached hydrogens (tertiary/aromatic N) is 1. The van der Waals surface area contributed by atoms with E-state index in [-0.39, 0.29) is 5.91 Å². The quantitative estimate of drug-likeness (QED) is 0.769. The van der Waals surface area contributed by atoms with Crippen molar-refractivity contribution in [1.82, 2.24) is 15.3 Å². The molecule has 0 atom stereocenters. The first-order chi connectivity index (χ1) is 9.22. The molecule has 4 nitrogen and oxygen atoms in total. The number of carbonyl (C=O) groups excluding carboxylic acids is 1. The van der Waals surface area contributed by atoms with Crippen LogP contribution in [-0.4, -0.2) is 15.9 Å². The summed E-state index contributed by atoms with van der Waals surface area (Å²) < 4.78 is 0. The fourth-order valence-corrected chi connectivity index (χ4v) is 2.76. The van der Waals surface area contributed by atoms with Crippen molar-refractivity contribution >= 4 is 28.3 Å². The Morgan fingerprint density at radius 2 is 2.26 bits per heavy atom. The van der Waals surface area contributed by atoms with Gasteiger partial charge in [0.05, 0.1) is 23.9 Å². The number of benzene rings is 1. The van der Waals surface area contributed by atoms with Gasteiger partial charge in [-0.15, -0.1) is 11.3 Å². The number of aromatic amines is 1. The number of H-pyrrole nitrogens is 1. The minimum atomic E-state index is -0.0671. The number of rotatable bonds is 3. The van der Waals surface area contributed by atoms with Gasteiger partial charge in [0.2, 0.25) is 0 Å². The fraction of sp³-hybridized carbons (Fsp3) is 0.143. The minimum Gasteiger partial charge on any atom is -0.347 e. The molecular formula is C14H13N3OS. The topological polar surface area (TPSA) is 57.8 Å². The van der Waals surface area contributed by atoms with E-state index in [4.69, 9.17) is 0 Å². The molecule has 0 fully saturated rings. The van der Waals surface area contributed by atoms with E-state index in [0.717, 1.165) is 15.9 Å². The Morgan fingerprint density at radius 3 is 3.05 bits per heavy atom. The van der Waals surface area contributed by atoms with E-state index in [1.807, 2.05) is 18.2 Å². The average Bonchev–Trinajstić information content (AvgIpc) is 3.03. The second-order valence-corrected chi connectivity index (χ2v) is 5.70. The summed E-state index contributed by atoms with van der Waals surface area (Å²) in [7, 11) is 0. The highest BCUT2D eigenvalue weighted by Crippen LogP contribution is 2.15.